The van der Waals surface area contributed by atoms with Crippen molar-refractivity contribution >= 4 is 17.7 Å². The monoisotopic (exact) mass is 308 g/mol. The first-order valence-corrected chi connectivity index (χ1v) is 8.95. The summed E-state index contributed by atoms with van der Waals surface area (Å²) >= 11 is 1.72. The van der Waals surface area contributed by atoms with Gasteiger partial charge in [-0.15, -0.1) is 0 Å². The Bertz CT molecular complexity index is 448. The van der Waals surface area contributed by atoms with Gasteiger partial charge in [0.25, 0.3) is 0 Å². The van der Waals surface area contributed by atoms with E-state index in [0.717, 1.165) is 18.6 Å². The molecule has 0 aromatic heterocycles. The number of carbonyl (C=O) groups is 1. The molecular weight excluding hydrogens is 280 g/mol. The van der Waals surface area contributed by atoms with Crippen molar-refractivity contribution in [1.29, 1.82) is 0 Å². The number of hydrogen-bond acceptors (Lipinski definition) is 3. The van der Waals surface area contributed by atoms with Gasteiger partial charge in [-0.1, -0.05) is 38.1 Å². The van der Waals surface area contributed by atoms with Crippen LogP contribution in [0.15, 0.2) is 24.3 Å². The number of thioether (sulfide) groups is 1. The minimum atomic E-state index is -0.420. The first-order valence-electron chi connectivity index (χ1n) is 7.56. The maximum atomic E-state index is 12.3. The number of rotatable bonds is 8. The molecule has 0 saturated heterocycles. The van der Waals surface area contributed by atoms with Gasteiger partial charge in [0.15, 0.2) is 0 Å². The molecule has 0 spiro atoms. The summed E-state index contributed by atoms with van der Waals surface area (Å²) < 4.78 is 0. The lowest BCUT2D eigenvalue weighted by molar-refractivity contribution is -0.123. The van der Waals surface area contributed by atoms with Crippen molar-refractivity contribution < 1.29 is 4.79 Å². The molecule has 1 aromatic rings. The van der Waals surface area contributed by atoms with E-state index in [1.54, 1.807) is 11.8 Å². The van der Waals surface area contributed by atoms with Crippen molar-refractivity contribution in [2.75, 3.05) is 12.0 Å². The second-order valence-corrected chi connectivity index (χ2v) is 6.92. The van der Waals surface area contributed by atoms with Crippen molar-refractivity contribution in [2.45, 2.75) is 45.7 Å². The topological polar surface area (TPSA) is 55.1 Å². The van der Waals surface area contributed by atoms with E-state index >= 15 is 0 Å². The van der Waals surface area contributed by atoms with Crippen molar-refractivity contribution in [2.24, 2.45) is 11.7 Å². The standard InChI is InChI=1S/C17H28N2OS/c1-12(2)11-16(14-8-6-5-7-13(14)3)19-17(20)15(18)9-10-21-4/h5-8,12,15-16H,9-11,18H2,1-4H3,(H,19,20)/t15-,16?/m0/s1. The van der Waals surface area contributed by atoms with E-state index in [2.05, 4.69) is 38.2 Å². The largest absolute Gasteiger partial charge is 0.348 e. The maximum absolute atomic E-state index is 12.3. The number of nitrogens with one attached hydrogen (secondary N) is 1. The average molecular weight is 308 g/mol. The third kappa shape index (κ3) is 6.10. The number of hydrogen-bond donors (Lipinski definition) is 2. The SMILES string of the molecule is CSCC[C@H](N)C(=O)NC(CC(C)C)c1ccccc1C. The number of aryl methyl sites for hydroxylation is 1. The van der Waals surface area contributed by atoms with Crippen molar-refractivity contribution in [3.63, 3.8) is 0 Å². The van der Waals surface area contributed by atoms with Crippen LogP contribution in [0.3, 0.4) is 0 Å². The Hall–Kier alpha value is -1.00. The van der Waals surface area contributed by atoms with E-state index in [0.29, 0.717) is 5.92 Å². The average Bonchev–Trinajstić information content (AvgIpc) is 2.44. The zero-order chi connectivity index (χ0) is 15.8. The minimum absolute atomic E-state index is 0.0408. The van der Waals surface area contributed by atoms with Crippen LogP contribution < -0.4 is 11.1 Å². The quantitative estimate of drug-likeness (QED) is 0.775. The lowest BCUT2D eigenvalue weighted by atomic mass is 9.93. The van der Waals surface area contributed by atoms with Gasteiger partial charge in [-0.2, -0.15) is 11.8 Å². The lowest BCUT2D eigenvalue weighted by Crippen LogP contribution is -2.43. The van der Waals surface area contributed by atoms with Gasteiger partial charge in [-0.3, -0.25) is 4.79 Å². The highest BCUT2D eigenvalue weighted by atomic mass is 32.2. The third-order valence-electron chi connectivity index (χ3n) is 3.56. The molecule has 3 nitrogen and oxygen atoms in total. The van der Waals surface area contributed by atoms with Gasteiger partial charge in [-0.05, 0) is 48.8 Å². The minimum Gasteiger partial charge on any atom is -0.348 e. The Labute approximate surface area is 133 Å². The van der Waals surface area contributed by atoms with Gasteiger partial charge in [0.05, 0.1) is 12.1 Å². The van der Waals surface area contributed by atoms with E-state index in [-0.39, 0.29) is 11.9 Å². The molecule has 118 valence electrons. The second kappa shape index (κ2) is 9.11. The molecule has 0 radical (unpaired) electrons. The summed E-state index contributed by atoms with van der Waals surface area (Å²) in [5.41, 5.74) is 8.37. The van der Waals surface area contributed by atoms with E-state index < -0.39 is 6.04 Å². The van der Waals surface area contributed by atoms with Crippen molar-refractivity contribution in [1.82, 2.24) is 5.32 Å². The van der Waals surface area contributed by atoms with E-state index in [9.17, 15) is 4.79 Å². The molecular formula is C17H28N2OS. The third-order valence-corrected chi connectivity index (χ3v) is 4.20. The molecule has 21 heavy (non-hydrogen) atoms. The Balaban J connectivity index is 2.79. The fourth-order valence-corrected chi connectivity index (χ4v) is 2.86. The molecule has 2 atom stereocenters. The molecule has 1 amide bonds. The summed E-state index contributed by atoms with van der Waals surface area (Å²) in [6, 6.07) is 7.85. The van der Waals surface area contributed by atoms with E-state index in [1.807, 2.05) is 18.4 Å². The van der Waals surface area contributed by atoms with Crippen LogP contribution in [-0.4, -0.2) is 24.0 Å². The molecule has 3 N–H and O–H groups in total. The predicted octanol–water partition coefficient (Wildman–Crippen LogP) is 3.28. The smallest absolute Gasteiger partial charge is 0.237 e. The van der Waals surface area contributed by atoms with Crippen LogP contribution in [0.5, 0.6) is 0 Å². The fourth-order valence-electron chi connectivity index (χ4n) is 2.37. The predicted molar refractivity (Wildman–Crippen MR) is 92.5 cm³/mol. The van der Waals surface area contributed by atoms with Gasteiger partial charge in [0.2, 0.25) is 5.91 Å². The first kappa shape index (κ1) is 18.1. The summed E-state index contributed by atoms with van der Waals surface area (Å²) in [5, 5.41) is 3.14. The zero-order valence-electron chi connectivity index (χ0n) is 13.6. The first-order chi connectivity index (χ1) is 9.95. The molecule has 0 aliphatic carbocycles. The van der Waals surface area contributed by atoms with Crippen LogP contribution in [-0.2, 0) is 4.79 Å². The van der Waals surface area contributed by atoms with Crippen LogP contribution in [0.25, 0.3) is 0 Å². The van der Waals surface area contributed by atoms with Crippen molar-refractivity contribution in [3.8, 4) is 0 Å². The van der Waals surface area contributed by atoms with Gasteiger partial charge in [-0.25, -0.2) is 0 Å². The van der Waals surface area contributed by atoms with Gasteiger partial charge in [0.1, 0.15) is 0 Å². The Kier molecular flexibility index (Phi) is 7.83. The Morgan fingerprint density at radius 1 is 1.33 bits per heavy atom. The number of carbonyl (C=O) groups excluding carboxylic acids is 1. The summed E-state index contributed by atoms with van der Waals surface area (Å²) in [7, 11) is 0. The van der Waals surface area contributed by atoms with Gasteiger partial charge < -0.3 is 11.1 Å². The molecule has 0 bridgehead atoms. The summed E-state index contributed by atoms with van der Waals surface area (Å²) in [5.74, 6) is 1.38. The normalized spacial score (nSPS) is 14.0. The summed E-state index contributed by atoms with van der Waals surface area (Å²) in [6.07, 6.45) is 3.67. The van der Waals surface area contributed by atoms with Crippen LogP contribution >= 0.6 is 11.8 Å². The van der Waals surface area contributed by atoms with E-state index in [4.69, 9.17) is 5.73 Å². The molecule has 0 saturated carbocycles. The molecule has 0 heterocycles. The highest BCUT2D eigenvalue weighted by Crippen LogP contribution is 2.24. The molecule has 0 aliphatic rings. The summed E-state index contributed by atoms with van der Waals surface area (Å²) in [6.45, 7) is 6.43. The molecule has 1 rings (SSSR count). The van der Waals surface area contributed by atoms with Gasteiger partial charge >= 0.3 is 0 Å². The zero-order valence-corrected chi connectivity index (χ0v) is 14.4. The Morgan fingerprint density at radius 2 is 2.00 bits per heavy atom. The number of amides is 1. The Morgan fingerprint density at radius 3 is 2.57 bits per heavy atom. The molecule has 4 heteroatoms. The molecule has 0 aliphatic heterocycles. The van der Waals surface area contributed by atoms with Crippen LogP contribution in [0.1, 0.15) is 43.9 Å². The van der Waals surface area contributed by atoms with Crippen LogP contribution in [0.2, 0.25) is 0 Å². The lowest BCUT2D eigenvalue weighted by Gasteiger charge is -2.24. The fraction of sp³-hybridized carbons (Fsp3) is 0.588. The summed E-state index contributed by atoms with van der Waals surface area (Å²) in [4.78, 5) is 12.3. The van der Waals surface area contributed by atoms with E-state index in [1.165, 1.54) is 11.1 Å². The molecule has 1 aromatic carbocycles. The van der Waals surface area contributed by atoms with Crippen molar-refractivity contribution in [3.05, 3.63) is 35.4 Å². The molecule has 0 fully saturated rings. The maximum Gasteiger partial charge on any atom is 0.237 e. The van der Waals surface area contributed by atoms with Gasteiger partial charge in [0, 0.05) is 0 Å². The van der Waals surface area contributed by atoms with Crippen LogP contribution in [0.4, 0.5) is 0 Å². The highest BCUT2D eigenvalue weighted by molar-refractivity contribution is 7.98. The number of benzene rings is 1. The number of nitrogens with two attached hydrogens (primary N) is 1. The highest BCUT2D eigenvalue weighted by Gasteiger charge is 2.21. The van der Waals surface area contributed by atoms with Crippen LogP contribution in [0, 0.1) is 12.8 Å². The molecule has 1 unspecified atom stereocenters. The second-order valence-electron chi connectivity index (χ2n) is 5.94.